The highest BCUT2D eigenvalue weighted by Gasteiger charge is 2.17. The number of hydrogen-bond acceptors (Lipinski definition) is 3. The molecule has 0 radical (unpaired) electrons. The Labute approximate surface area is 112 Å². The molecule has 0 aliphatic rings. The molecule has 0 aromatic heterocycles. The number of aryl methyl sites for hydroxylation is 1. The maximum atomic E-state index is 10.1. The standard InChI is InChI=1S/C16H18O3/c1-3-10-9-13(11(4-2)16(19)15(10)18)12-7-5-6-8-14(12)17/h5-9,17-19H,3-4H2,1-2H3. The fourth-order valence-corrected chi connectivity index (χ4v) is 2.32. The molecule has 0 spiro atoms. The van der Waals surface area contributed by atoms with E-state index in [1.165, 1.54) is 0 Å². The van der Waals surface area contributed by atoms with Crippen LogP contribution in [0.5, 0.6) is 17.2 Å². The fraction of sp³-hybridized carbons (Fsp3) is 0.250. The first-order chi connectivity index (χ1) is 9.10. The van der Waals surface area contributed by atoms with Gasteiger partial charge in [-0.1, -0.05) is 32.0 Å². The Kier molecular flexibility index (Phi) is 3.65. The highest BCUT2D eigenvalue weighted by atomic mass is 16.3. The van der Waals surface area contributed by atoms with Crippen molar-refractivity contribution in [2.75, 3.05) is 0 Å². The summed E-state index contributed by atoms with van der Waals surface area (Å²) in [7, 11) is 0. The molecule has 3 heteroatoms. The lowest BCUT2D eigenvalue weighted by molar-refractivity contribution is 0.396. The molecule has 0 aliphatic heterocycles. The number of benzene rings is 2. The molecule has 0 fully saturated rings. The van der Waals surface area contributed by atoms with Gasteiger partial charge in [0.2, 0.25) is 0 Å². The first-order valence-corrected chi connectivity index (χ1v) is 6.45. The van der Waals surface area contributed by atoms with Crippen LogP contribution in [0.1, 0.15) is 25.0 Å². The summed E-state index contributed by atoms with van der Waals surface area (Å²) in [6.07, 6.45) is 1.19. The first-order valence-electron chi connectivity index (χ1n) is 6.45. The maximum Gasteiger partial charge on any atom is 0.161 e. The summed E-state index contributed by atoms with van der Waals surface area (Å²) in [5, 5.41) is 30.0. The quantitative estimate of drug-likeness (QED) is 0.737. The highest BCUT2D eigenvalue weighted by Crippen LogP contribution is 2.42. The molecular formula is C16H18O3. The van der Waals surface area contributed by atoms with Crippen molar-refractivity contribution in [1.82, 2.24) is 0 Å². The fourth-order valence-electron chi connectivity index (χ4n) is 2.32. The second-order valence-corrected chi connectivity index (χ2v) is 4.48. The first kappa shape index (κ1) is 13.3. The Morgan fingerprint density at radius 3 is 2.11 bits per heavy atom. The van der Waals surface area contributed by atoms with Gasteiger partial charge < -0.3 is 15.3 Å². The van der Waals surface area contributed by atoms with Gasteiger partial charge in [-0.3, -0.25) is 0 Å². The molecule has 19 heavy (non-hydrogen) atoms. The van der Waals surface area contributed by atoms with Crippen LogP contribution in [0.3, 0.4) is 0 Å². The lowest BCUT2D eigenvalue weighted by atomic mass is 9.93. The molecule has 3 N–H and O–H groups in total. The minimum Gasteiger partial charge on any atom is -0.507 e. The Morgan fingerprint density at radius 1 is 0.842 bits per heavy atom. The summed E-state index contributed by atoms with van der Waals surface area (Å²) in [5.74, 6) is 0.0305. The second kappa shape index (κ2) is 5.22. The average Bonchev–Trinajstić information content (AvgIpc) is 2.42. The van der Waals surface area contributed by atoms with E-state index in [-0.39, 0.29) is 17.2 Å². The zero-order valence-corrected chi connectivity index (χ0v) is 11.1. The summed E-state index contributed by atoms with van der Waals surface area (Å²) in [5.41, 5.74) is 2.77. The Bertz CT molecular complexity index is 603. The Hall–Kier alpha value is -2.16. The van der Waals surface area contributed by atoms with Gasteiger partial charge in [-0.05, 0) is 36.1 Å². The third-order valence-corrected chi connectivity index (χ3v) is 3.39. The number of phenolic OH excluding ortho intramolecular Hbond substituents is 3. The Morgan fingerprint density at radius 2 is 1.53 bits per heavy atom. The minimum absolute atomic E-state index is 0.0569. The minimum atomic E-state index is -0.0832. The molecule has 0 amide bonds. The van der Waals surface area contributed by atoms with E-state index in [1.807, 2.05) is 26.0 Å². The number of para-hydroxylation sites is 1. The largest absolute Gasteiger partial charge is 0.507 e. The molecule has 0 heterocycles. The molecule has 2 rings (SSSR count). The van der Waals surface area contributed by atoms with Gasteiger partial charge in [-0.25, -0.2) is 0 Å². The van der Waals surface area contributed by atoms with E-state index < -0.39 is 0 Å². The molecule has 0 saturated carbocycles. The molecule has 0 unspecified atom stereocenters. The summed E-state index contributed by atoms with van der Waals surface area (Å²) < 4.78 is 0. The van der Waals surface area contributed by atoms with E-state index in [0.29, 0.717) is 29.5 Å². The predicted octanol–water partition coefficient (Wildman–Crippen LogP) is 3.60. The van der Waals surface area contributed by atoms with E-state index in [9.17, 15) is 15.3 Å². The number of hydrogen-bond donors (Lipinski definition) is 3. The van der Waals surface area contributed by atoms with Gasteiger partial charge in [-0.2, -0.15) is 0 Å². The van der Waals surface area contributed by atoms with Gasteiger partial charge in [-0.15, -0.1) is 0 Å². The molecule has 0 atom stereocenters. The summed E-state index contributed by atoms with van der Waals surface area (Å²) in [6, 6.07) is 8.85. The third-order valence-electron chi connectivity index (χ3n) is 3.39. The molecule has 2 aromatic rings. The van der Waals surface area contributed by atoms with Gasteiger partial charge in [0.1, 0.15) is 5.75 Å². The highest BCUT2D eigenvalue weighted by molar-refractivity contribution is 5.77. The number of phenols is 3. The van der Waals surface area contributed by atoms with Crippen molar-refractivity contribution in [3.8, 4) is 28.4 Å². The molecule has 3 nitrogen and oxygen atoms in total. The van der Waals surface area contributed by atoms with Crippen LogP contribution >= 0.6 is 0 Å². The van der Waals surface area contributed by atoms with E-state index in [0.717, 1.165) is 5.56 Å². The van der Waals surface area contributed by atoms with Crippen LogP contribution in [0.15, 0.2) is 30.3 Å². The van der Waals surface area contributed by atoms with Crippen molar-refractivity contribution in [3.63, 3.8) is 0 Å². The zero-order chi connectivity index (χ0) is 14.0. The van der Waals surface area contributed by atoms with Gasteiger partial charge in [0.15, 0.2) is 11.5 Å². The smallest absolute Gasteiger partial charge is 0.161 e. The molecule has 0 bridgehead atoms. The summed E-state index contributed by atoms with van der Waals surface area (Å²) in [6.45, 7) is 3.82. The summed E-state index contributed by atoms with van der Waals surface area (Å²) >= 11 is 0. The Balaban J connectivity index is 2.76. The van der Waals surface area contributed by atoms with E-state index >= 15 is 0 Å². The number of aromatic hydroxyl groups is 3. The van der Waals surface area contributed by atoms with E-state index in [2.05, 4.69) is 0 Å². The number of rotatable bonds is 3. The van der Waals surface area contributed by atoms with E-state index in [1.54, 1.807) is 18.2 Å². The average molecular weight is 258 g/mol. The van der Waals surface area contributed by atoms with Crippen molar-refractivity contribution >= 4 is 0 Å². The molecule has 100 valence electrons. The monoisotopic (exact) mass is 258 g/mol. The molecule has 2 aromatic carbocycles. The van der Waals surface area contributed by atoms with Crippen molar-refractivity contribution in [2.24, 2.45) is 0 Å². The topological polar surface area (TPSA) is 60.7 Å². The van der Waals surface area contributed by atoms with Crippen molar-refractivity contribution in [1.29, 1.82) is 0 Å². The normalized spacial score (nSPS) is 10.6. The van der Waals surface area contributed by atoms with Crippen LogP contribution in [0.4, 0.5) is 0 Å². The second-order valence-electron chi connectivity index (χ2n) is 4.48. The lowest BCUT2D eigenvalue weighted by Crippen LogP contribution is -1.94. The van der Waals surface area contributed by atoms with Crippen molar-refractivity contribution in [3.05, 3.63) is 41.5 Å². The van der Waals surface area contributed by atoms with Crippen molar-refractivity contribution < 1.29 is 15.3 Å². The van der Waals surface area contributed by atoms with Crippen LogP contribution in [0.2, 0.25) is 0 Å². The molecular weight excluding hydrogens is 240 g/mol. The van der Waals surface area contributed by atoms with Crippen LogP contribution in [0.25, 0.3) is 11.1 Å². The maximum absolute atomic E-state index is 10.1. The molecule has 0 aliphatic carbocycles. The third kappa shape index (κ3) is 2.24. The van der Waals surface area contributed by atoms with Crippen molar-refractivity contribution in [2.45, 2.75) is 26.7 Å². The van der Waals surface area contributed by atoms with Crippen LogP contribution in [0, 0.1) is 0 Å². The van der Waals surface area contributed by atoms with Crippen LogP contribution in [-0.4, -0.2) is 15.3 Å². The summed E-state index contributed by atoms with van der Waals surface area (Å²) in [4.78, 5) is 0. The van der Waals surface area contributed by atoms with Gasteiger partial charge in [0, 0.05) is 11.1 Å². The predicted molar refractivity (Wildman–Crippen MR) is 75.6 cm³/mol. The van der Waals surface area contributed by atoms with Crippen LogP contribution < -0.4 is 0 Å². The zero-order valence-electron chi connectivity index (χ0n) is 11.1. The van der Waals surface area contributed by atoms with E-state index in [4.69, 9.17) is 0 Å². The van der Waals surface area contributed by atoms with Crippen LogP contribution in [-0.2, 0) is 12.8 Å². The lowest BCUT2D eigenvalue weighted by Gasteiger charge is -2.15. The molecule has 0 saturated heterocycles. The van der Waals surface area contributed by atoms with Gasteiger partial charge >= 0.3 is 0 Å². The van der Waals surface area contributed by atoms with Gasteiger partial charge in [0.25, 0.3) is 0 Å². The SMILES string of the molecule is CCc1cc(-c2ccccc2O)c(CC)c(O)c1O. The van der Waals surface area contributed by atoms with Gasteiger partial charge in [0.05, 0.1) is 0 Å².